The van der Waals surface area contributed by atoms with Gasteiger partial charge in [0.15, 0.2) is 0 Å². The fourth-order valence-corrected chi connectivity index (χ4v) is 3.63. The number of ether oxygens (including phenoxy) is 1. The van der Waals surface area contributed by atoms with Crippen molar-refractivity contribution in [2.24, 2.45) is 0 Å². The van der Waals surface area contributed by atoms with Crippen molar-refractivity contribution in [2.75, 3.05) is 7.11 Å². The molecule has 0 aliphatic heterocycles. The number of hydrogen-bond donors (Lipinski definition) is 1. The lowest BCUT2D eigenvalue weighted by molar-refractivity contribution is 0.415. The van der Waals surface area contributed by atoms with Gasteiger partial charge in [-0.1, -0.05) is 42.5 Å². The van der Waals surface area contributed by atoms with Crippen LogP contribution < -0.4 is 4.74 Å². The van der Waals surface area contributed by atoms with E-state index >= 15 is 0 Å². The Morgan fingerprint density at radius 1 is 0.917 bits per heavy atom. The van der Waals surface area contributed by atoms with Gasteiger partial charge in [-0.05, 0) is 40.8 Å². The molecule has 116 valence electrons. The van der Waals surface area contributed by atoms with Gasteiger partial charge in [-0.25, -0.2) is 4.98 Å². The summed E-state index contributed by atoms with van der Waals surface area (Å²) in [6.45, 7) is 0. The van der Waals surface area contributed by atoms with Gasteiger partial charge in [0.05, 0.1) is 18.1 Å². The molecular weight excluding hydrogens is 296 g/mol. The number of H-pyrrole nitrogens is 1. The molecule has 1 heterocycles. The molecular formula is C21H16N2O. The minimum Gasteiger partial charge on any atom is -0.497 e. The van der Waals surface area contributed by atoms with E-state index < -0.39 is 0 Å². The molecule has 5 rings (SSSR count). The van der Waals surface area contributed by atoms with Crippen molar-refractivity contribution in [3.05, 3.63) is 71.8 Å². The summed E-state index contributed by atoms with van der Waals surface area (Å²) in [5, 5.41) is 0. The van der Waals surface area contributed by atoms with Crippen LogP contribution in [0.25, 0.3) is 33.5 Å². The number of rotatable bonds is 2. The Bertz CT molecular complexity index is 1080. The fraction of sp³-hybridized carbons (Fsp3) is 0.0952. The van der Waals surface area contributed by atoms with Crippen molar-refractivity contribution < 1.29 is 4.74 Å². The molecule has 24 heavy (non-hydrogen) atoms. The van der Waals surface area contributed by atoms with Gasteiger partial charge in [0.2, 0.25) is 0 Å². The molecule has 4 aromatic rings. The first-order valence-corrected chi connectivity index (χ1v) is 8.08. The number of nitrogens with zero attached hydrogens (tertiary/aromatic N) is 1. The van der Waals surface area contributed by atoms with Crippen LogP contribution in [0.15, 0.2) is 60.7 Å². The maximum atomic E-state index is 5.31. The molecule has 0 unspecified atom stereocenters. The number of benzene rings is 3. The summed E-state index contributed by atoms with van der Waals surface area (Å²) in [4.78, 5) is 8.25. The fourth-order valence-electron chi connectivity index (χ4n) is 3.63. The van der Waals surface area contributed by atoms with Crippen LogP contribution in [0.1, 0.15) is 11.1 Å². The Morgan fingerprint density at radius 3 is 2.67 bits per heavy atom. The zero-order chi connectivity index (χ0) is 16.1. The monoisotopic (exact) mass is 312 g/mol. The minimum atomic E-state index is 0.835. The molecule has 0 amide bonds. The second kappa shape index (κ2) is 4.96. The molecule has 0 bridgehead atoms. The van der Waals surface area contributed by atoms with Gasteiger partial charge in [0.1, 0.15) is 11.6 Å². The van der Waals surface area contributed by atoms with Crippen molar-refractivity contribution in [2.45, 2.75) is 6.42 Å². The third kappa shape index (κ3) is 1.88. The zero-order valence-electron chi connectivity index (χ0n) is 13.3. The molecule has 0 radical (unpaired) electrons. The van der Waals surface area contributed by atoms with Crippen LogP contribution in [-0.4, -0.2) is 17.1 Å². The summed E-state index contributed by atoms with van der Waals surface area (Å²) in [5.41, 5.74) is 8.49. The second-order valence-corrected chi connectivity index (χ2v) is 6.14. The van der Waals surface area contributed by atoms with E-state index in [0.717, 1.165) is 34.6 Å². The number of methoxy groups -OCH3 is 1. The van der Waals surface area contributed by atoms with Gasteiger partial charge in [0, 0.05) is 11.6 Å². The molecule has 0 saturated heterocycles. The summed E-state index contributed by atoms with van der Waals surface area (Å²) in [7, 11) is 1.68. The van der Waals surface area contributed by atoms with E-state index in [2.05, 4.69) is 47.4 Å². The number of aromatic amines is 1. The van der Waals surface area contributed by atoms with Crippen molar-refractivity contribution >= 4 is 11.0 Å². The minimum absolute atomic E-state index is 0.835. The molecule has 0 saturated carbocycles. The van der Waals surface area contributed by atoms with Gasteiger partial charge in [0.25, 0.3) is 0 Å². The van der Waals surface area contributed by atoms with Crippen LogP contribution in [0.5, 0.6) is 5.75 Å². The molecule has 1 aromatic heterocycles. The lowest BCUT2D eigenvalue weighted by Gasteiger charge is -2.07. The van der Waals surface area contributed by atoms with Crippen LogP contribution in [-0.2, 0) is 6.42 Å². The van der Waals surface area contributed by atoms with Gasteiger partial charge in [-0.3, -0.25) is 0 Å². The summed E-state index contributed by atoms with van der Waals surface area (Å²) in [6.07, 6.45) is 0.993. The van der Waals surface area contributed by atoms with Crippen LogP contribution in [0, 0.1) is 0 Å². The van der Waals surface area contributed by atoms with E-state index in [0.29, 0.717) is 0 Å². The van der Waals surface area contributed by atoms with E-state index in [1.165, 1.54) is 22.3 Å². The summed E-state index contributed by atoms with van der Waals surface area (Å²) in [6, 6.07) is 21.0. The summed E-state index contributed by atoms with van der Waals surface area (Å²) < 4.78 is 5.31. The lowest BCUT2D eigenvalue weighted by atomic mass is 9.99. The number of imidazole rings is 1. The standard InChI is InChI=1S/C21H16N2O/c1-24-15-9-10-18-19(12-15)23-21(22-18)17-8-4-6-14-11-13-5-2-3-7-16(13)20(14)17/h2-10,12H,11H2,1H3,(H,22,23). The topological polar surface area (TPSA) is 37.9 Å². The highest BCUT2D eigenvalue weighted by molar-refractivity contribution is 5.91. The van der Waals surface area contributed by atoms with E-state index in [1.807, 2.05) is 18.2 Å². The largest absolute Gasteiger partial charge is 0.497 e. The Kier molecular flexibility index (Phi) is 2.77. The highest BCUT2D eigenvalue weighted by Crippen LogP contribution is 2.42. The summed E-state index contributed by atoms with van der Waals surface area (Å²) in [5.74, 6) is 1.74. The van der Waals surface area contributed by atoms with Crippen molar-refractivity contribution in [3.63, 3.8) is 0 Å². The SMILES string of the molecule is COc1ccc2nc(-c3cccc4c3-c3ccccc3C4)[nH]c2c1. The van der Waals surface area contributed by atoms with Crippen LogP contribution in [0.2, 0.25) is 0 Å². The normalized spacial score (nSPS) is 12.2. The van der Waals surface area contributed by atoms with Crippen molar-refractivity contribution in [3.8, 4) is 28.3 Å². The van der Waals surface area contributed by atoms with Crippen LogP contribution in [0.3, 0.4) is 0 Å². The third-order valence-corrected chi connectivity index (χ3v) is 4.76. The predicted octanol–water partition coefficient (Wildman–Crippen LogP) is 4.81. The van der Waals surface area contributed by atoms with E-state index in [-0.39, 0.29) is 0 Å². The Labute approximate surface area is 139 Å². The van der Waals surface area contributed by atoms with Crippen LogP contribution in [0.4, 0.5) is 0 Å². The average Bonchev–Trinajstić information content (AvgIpc) is 3.21. The molecule has 0 fully saturated rings. The first-order valence-electron chi connectivity index (χ1n) is 8.08. The van der Waals surface area contributed by atoms with Gasteiger partial charge < -0.3 is 9.72 Å². The molecule has 1 aliphatic carbocycles. The summed E-state index contributed by atoms with van der Waals surface area (Å²) >= 11 is 0. The second-order valence-electron chi connectivity index (χ2n) is 6.14. The predicted molar refractivity (Wildman–Crippen MR) is 96.3 cm³/mol. The van der Waals surface area contributed by atoms with E-state index in [9.17, 15) is 0 Å². The third-order valence-electron chi connectivity index (χ3n) is 4.76. The number of aromatic nitrogens is 2. The molecule has 3 aromatic carbocycles. The van der Waals surface area contributed by atoms with Gasteiger partial charge >= 0.3 is 0 Å². The average molecular weight is 312 g/mol. The molecule has 3 heteroatoms. The van der Waals surface area contributed by atoms with Gasteiger partial charge in [-0.2, -0.15) is 0 Å². The Balaban J connectivity index is 1.74. The van der Waals surface area contributed by atoms with Gasteiger partial charge in [-0.15, -0.1) is 0 Å². The van der Waals surface area contributed by atoms with Crippen molar-refractivity contribution in [1.82, 2.24) is 9.97 Å². The van der Waals surface area contributed by atoms with E-state index in [1.54, 1.807) is 7.11 Å². The Morgan fingerprint density at radius 2 is 1.75 bits per heavy atom. The molecule has 1 aliphatic rings. The maximum Gasteiger partial charge on any atom is 0.139 e. The lowest BCUT2D eigenvalue weighted by Crippen LogP contribution is -1.87. The first-order chi connectivity index (χ1) is 11.8. The molecule has 1 N–H and O–H groups in total. The highest BCUT2D eigenvalue weighted by atomic mass is 16.5. The molecule has 0 atom stereocenters. The Hall–Kier alpha value is -3.07. The van der Waals surface area contributed by atoms with E-state index in [4.69, 9.17) is 9.72 Å². The highest BCUT2D eigenvalue weighted by Gasteiger charge is 2.22. The van der Waals surface area contributed by atoms with Crippen molar-refractivity contribution in [1.29, 1.82) is 0 Å². The maximum absolute atomic E-state index is 5.31. The number of hydrogen-bond acceptors (Lipinski definition) is 2. The molecule has 0 spiro atoms. The first kappa shape index (κ1) is 13.4. The quantitative estimate of drug-likeness (QED) is 0.508. The number of nitrogens with one attached hydrogen (secondary N) is 1. The van der Waals surface area contributed by atoms with Crippen LogP contribution >= 0.6 is 0 Å². The zero-order valence-corrected chi connectivity index (χ0v) is 13.3. The smallest absolute Gasteiger partial charge is 0.139 e. The number of fused-ring (bicyclic) bond motifs is 4. The molecule has 3 nitrogen and oxygen atoms in total.